The van der Waals surface area contributed by atoms with Crippen LogP contribution in [0.1, 0.15) is 29.7 Å². The summed E-state index contributed by atoms with van der Waals surface area (Å²) in [6.07, 6.45) is 0. The van der Waals surface area contributed by atoms with Crippen molar-refractivity contribution in [1.29, 1.82) is 0 Å². The number of benzene rings is 2. The van der Waals surface area contributed by atoms with Gasteiger partial charge in [-0.25, -0.2) is 0 Å². The minimum Gasteiger partial charge on any atom is -0.495 e. The van der Waals surface area contributed by atoms with Gasteiger partial charge in [0.1, 0.15) is 5.75 Å². The lowest BCUT2D eigenvalue weighted by atomic mass is 10.0. The van der Waals surface area contributed by atoms with Gasteiger partial charge in [0.25, 0.3) is 0 Å². The molecular formula is C17H19Br2NO. The second kappa shape index (κ2) is 6.84. The summed E-state index contributed by atoms with van der Waals surface area (Å²) in [5.41, 5.74) is 4.86. The maximum atomic E-state index is 5.36. The van der Waals surface area contributed by atoms with Gasteiger partial charge in [0.2, 0.25) is 0 Å². The van der Waals surface area contributed by atoms with Crippen LogP contribution in [-0.4, -0.2) is 7.11 Å². The van der Waals surface area contributed by atoms with E-state index in [1.54, 1.807) is 7.11 Å². The summed E-state index contributed by atoms with van der Waals surface area (Å²) in [4.78, 5) is 0. The Kier molecular flexibility index (Phi) is 5.33. The van der Waals surface area contributed by atoms with Gasteiger partial charge >= 0.3 is 0 Å². The van der Waals surface area contributed by atoms with E-state index in [9.17, 15) is 0 Å². The molecule has 112 valence electrons. The largest absolute Gasteiger partial charge is 0.495 e. The zero-order chi connectivity index (χ0) is 15.6. The molecule has 2 nitrogen and oxygen atoms in total. The summed E-state index contributed by atoms with van der Waals surface area (Å²) < 4.78 is 7.30. The SMILES string of the molecule is COc1cc(NC(C)c2cc(C)cc(C)c2)c(Br)cc1Br. The predicted octanol–water partition coefficient (Wildman–Crippen LogP) is 6.01. The highest BCUT2D eigenvalue weighted by molar-refractivity contribution is 9.11. The van der Waals surface area contributed by atoms with E-state index in [4.69, 9.17) is 4.74 Å². The fraction of sp³-hybridized carbons (Fsp3) is 0.294. The first-order valence-corrected chi connectivity index (χ1v) is 8.37. The van der Waals surface area contributed by atoms with Crippen LogP contribution >= 0.6 is 31.9 Å². The number of ether oxygens (including phenoxy) is 1. The molecule has 2 aromatic rings. The van der Waals surface area contributed by atoms with Crippen molar-refractivity contribution in [2.75, 3.05) is 12.4 Å². The molecule has 2 aromatic carbocycles. The molecule has 4 heteroatoms. The van der Waals surface area contributed by atoms with E-state index in [2.05, 4.69) is 76.1 Å². The van der Waals surface area contributed by atoms with Crippen molar-refractivity contribution in [3.63, 3.8) is 0 Å². The van der Waals surface area contributed by atoms with E-state index in [-0.39, 0.29) is 6.04 Å². The monoisotopic (exact) mass is 411 g/mol. The maximum Gasteiger partial charge on any atom is 0.135 e. The van der Waals surface area contributed by atoms with Crippen molar-refractivity contribution in [2.45, 2.75) is 26.8 Å². The number of hydrogen-bond acceptors (Lipinski definition) is 2. The standard InChI is InChI=1S/C17H19Br2NO/c1-10-5-11(2)7-13(6-10)12(3)20-16-9-17(21-4)15(19)8-14(16)18/h5-9,12,20H,1-4H3. The Bertz CT molecular complexity index is 635. The van der Waals surface area contributed by atoms with Gasteiger partial charge in [0.15, 0.2) is 0 Å². The van der Waals surface area contributed by atoms with E-state index in [1.165, 1.54) is 16.7 Å². The summed E-state index contributed by atoms with van der Waals surface area (Å²) >= 11 is 7.08. The molecule has 0 aliphatic rings. The van der Waals surface area contributed by atoms with Crippen LogP contribution in [-0.2, 0) is 0 Å². The van der Waals surface area contributed by atoms with E-state index in [1.807, 2.05) is 12.1 Å². The van der Waals surface area contributed by atoms with Crippen LogP contribution in [0.15, 0.2) is 39.3 Å². The highest BCUT2D eigenvalue weighted by atomic mass is 79.9. The maximum absolute atomic E-state index is 5.36. The van der Waals surface area contributed by atoms with Crippen molar-refractivity contribution >= 4 is 37.5 Å². The van der Waals surface area contributed by atoms with Crippen molar-refractivity contribution in [2.24, 2.45) is 0 Å². The number of hydrogen-bond donors (Lipinski definition) is 1. The normalized spacial score (nSPS) is 12.1. The average molecular weight is 413 g/mol. The molecule has 2 rings (SSSR count). The molecule has 0 aromatic heterocycles. The first-order chi connectivity index (χ1) is 9.90. The third-order valence-corrected chi connectivity index (χ3v) is 4.63. The van der Waals surface area contributed by atoms with Gasteiger partial charge < -0.3 is 10.1 Å². The van der Waals surface area contributed by atoms with Gasteiger partial charge in [0.05, 0.1) is 17.3 Å². The molecule has 0 spiro atoms. The number of aryl methyl sites for hydroxylation is 2. The first kappa shape index (κ1) is 16.4. The minimum atomic E-state index is 0.214. The molecule has 0 saturated carbocycles. The summed E-state index contributed by atoms with van der Waals surface area (Å²) in [5.74, 6) is 0.813. The van der Waals surface area contributed by atoms with Crippen molar-refractivity contribution in [3.8, 4) is 5.75 Å². The summed E-state index contributed by atoms with van der Waals surface area (Å²) in [5, 5.41) is 3.54. The lowest BCUT2D eigenvalue weighted by molar-refractivity contribution is 0.412. The van der Waals surface area contributed by atoms with Crippen LogP contribution in [0.25, 0.3) is 0 Å². The zero-order valence-electron chi connectivity index (χ0n) is 12.6. The Morgan fingerprint density at radius 2 is 1.57 bits per heavy atom. The Balaban J connectivity index is 2.28. The smallest absolute Gasteiger partial charge is 0.135 e. The van der Waals surface area contributed by atoms with Gasteiger partial charge in [0, 0.05) is 16.6 Å². The zero-order valence-corrected chi connectivity index (χ0v) is 15.8. The molecule has 0 saturated heterocycles. The van der Waals surface area contributed by atoms with E-state index >= 15 is 0 Å². The number of anilines is 1. The van der Waals surface area contributed by atoms with Crippen molar-refractivity contribution in [1.82, 2.24) is 0 Å². The fourth-order valence-corrected chi connectivity index (χ4v) is 3.64. The first-order valence-electron chi connectivity index (χ1n) is 6.78. The highest BCUT2D eigenvalue weighted by Crippen LogP contribution is 2.36. The van der Waals surface area contributed by atoms with Crippen LogP contribution in [0.3, 0.4) is 0 Å². The van der Waals surface area contributed by atoms with Gasteiger partial charge in [-0.15, -0.1) is 0 Å². The number of nitrogens with one attached hydrogen (secondary N) is 1. The lowest BCUT2D eigenvalue weighted by Gasteiger charge is -2.19. The molecule has 0 radical (unpaired) electrons. The van der Waals surface area contributed by atoms with E-state index < -0.39 is 0 Å². The predicted molar refractivity (Wildman–Crippen MR) is 96.3 cm³/mol. The van der Waals surface area contributed by atoms with Gasteiger partial charge in [-0.2, -0.15) is 0 Å². The summed E-state index contributed by atoms with van der Waals surface area (Å²) in [7, 11) is 1.67. The molecule has 1 unspecified atom stereocenters. The van der Waals surface area contributed by atoms with Crippen LogP contribution in [0.2, 0.25) is 0 Å². The lowest BCUT2D eigenvalue weighted by Crippen LogP contribution is -2.08. The summed E-state index contributed by atoms with van der Waals surface area (Å²) in [6, 6.07) is 10.8. The van der Waals surface area contributed by atoms with Gasteiger partial charge in [-0.1, -0.05) is 29.3 Å². The molecule has 21 heavy (non-hydrogen) atoms. The molecule has 0 aliphatic carbocycles. The molecular weight excluding hydrogens is 394 g/mol. The molecule has 0 aliphatic heterocycles. The second-order valence-electron chi connectivity index (χ2n) is 5.25. The highest BCUT2D eigenvalue weighted by Gasteiger charge is 2.11. The van der Waals surface area contributed by atoms with Gasteiger partial charge in [-0.3, -0.25) is 0 Å². The number of rotatable bonds is 4. The molecule has 0 amide bonds. The third kappa shape index (κ3) is 4.01. The number of halogens is 2. The van der Waals surface area contributed by atoms with E-state index in [0.717, 1.165) is 20.4 Å². The molecule has 1 atom stereocenters. The molecule has 0 bridgehead atoms. The topological polar surface area (TPSA) is 21.3 Å². The number of methoxy groups -OCH3 is 1. The Hall–Kier alpha value is -1.000. The van der Waals surface area contributed by atoms with Crippen LogP contribution in [0.5, 0.6) is 5.75 Å². The van der Waals surface area contributed by atoms with Crippen molar-refractivity contribution in [3.05, 3.63) is 56.0 Å². The molecule has 0 fully saturated rings. The molecule has 0 heterocycles. The minimum absolute atomic E-state index is 0.214. The van der Waals surface area contributed by atoms with Crippen LogP contribution < -0.4 is 10.1 Å². The quantitative estimate of drug-likeness (QED) is 0.663. The average Bonchev–Trinajstić information content (AvgIpc) is 2.40. The van der Waals surface area contributed by atoms with Crippen LogP contribution in [0.4, 0.5) is 5.69 Å². The fourth-order valence-electron chi connectivity index (χ4n) is 2.37. The van der Waals surface area contributed by atoms with E-state index in [0.29, 0.717) is 0 Å². The van der Waals surface area contributed by atoms with Crippen LogP contribution in [0, 0.1) is 13.8 Å². The Morgan fingerprint density at radius 3 is 2.14 bits per heavy atom. The van der Waals surface area contributed by atoms with Gasteiger partial charge in [-0.05, 0) is 64.3 Å². The van der Waals surface area contributed by atoms with Crippen molar-refractivity contribution < 1.29 is 4.74 Å². The Morgan fingerprint density at radius 1 is 0.952 bits per heavy atom. The molecule has 1 N–H and O–H groups in total. The summed E-state index contributed by atoms with van der Waals surface area (Å²) in [6.45, 7) is 6.42. The third-order valence-electron chi connectivity index (χ3n) is 3.36. The Labute approximate surface area is 143 Å². The second-order valence-corrected chi connectivity index (χ2v) is 6.96.